The Balaban J connectivity index is 1.54. The summed E-state index contributed by atoms with van der Waals surface area (Å²) >= 11 is 0. The van der Waals surface area contributed by atoms with Crippen LogP contribution in [0.3, 0.4) is 0 Å². The molecule has 4 nitrogen and oxygen atoms in total. The summed E-state index contributed by atoms with van der Waals surface area (Å²) in [5, 5.41) is 8.30. The summed E-state index contributed by atoms with van der Waals surface area (Å²) in [5.41, 5.74) is 2.61. The normalized spacial score (nSPS) is 24.5. The van der Waals surface area contributed by atoms with Gasteiger partial charge in [0, 0.05) is 50.5 Å². The average molecular weight is 262 g/mol. The zero-order valence-corrected chi connectivity index (χ0v) is 12.4. The zero-order chi connectivity index (χ0) is 13.4. The molecule has 1 aromatic rings. The average Bonchev–Trinajstić information content (AvgIpc) is 2.98. The summed E-state index contributed by atoms with van der Waals surface area (Å²) in [6, 6.07) is 1.58. The van der Waals surface area contributed by atoms with Gasteiger partial charge in [-0.1, -0.05) is 13.8 Å². The van der Waals surface area contributed by atoms with Crippen LogP contribution in [-0.2, 0) is 13.6 Å². The van der Waals surface area contributed by atoms with E-state index in [2.05, 4.69) is 35.4 Å². The van der Waals surface area contributed by atoms with Gasteiger partial charge in [0.15, 0.2) is 0 Å². The number of nitrogens with zero attached hydrogens (tertiary/aromatic N) is 3. The minimum Gasteiger partial charge on any atom is -0.308 e. The maximum absolute atomic E-state index is 4.57. The van der Waals surface area contributed by atoms with E-state index in [0.717, 1.165) is 12.6 Å². The molecule has 2 heterocycles. The van der Waals surface area contributed by atoms with Gasteiger partial charge in [-0.3, -0.25) is 9.58 Å². The summed E-state index contributed by atoms with van der Waals surface area (Å²) in [7, 11) is 2.01. The molecule has 19 heavy (non-hydrogen) atoms. The SMILES string of the molecule is CC(C)c1nn(C)cc1CNC1CCN(C2CC2)C1. The van der Waals surface area contributed by atoms with Crippen molar-refractivity contribution in [3.8, 4) is 0 Å². The van der Waals surface area contributed by atoms with Gasteiger partial charge in [-0.2, -0.15) is 5.10 Å². The first-order chi connectivity index (χ1) is 9.13. The van der Waals surface area contributed by atoms with Crippen LogP contribution in [0.25, 0.3) is 0 Å². The molecule has 1 aliphatic carbocycles. The molecule has 2 aliphatic rings. The highest BCUT2D eigenvalue weighted by atomic mass is 15.3. The van der Waals surface area contributed by atoms with Gasteiger partial charge in [0.05, 0.1) is 5.69 Å². The third kappa shape index (κ3) is 3.00. The van der Waals surface area contributed by atoms with Crippen molar-refractivity contribution in [2.45, 2.75) is 57.7 Å². The Morgan fingerprint density at radius 1 is 1.37 bits per heavy atom. The number of hydrogen-bond donors (Lipinski definition) is 1. The lowest BCUT2D eigenvalue weighted by Gasteiger charge is -2.16. The van der Waals surface area contributed by atoms with Gasteiger partial charge in [-0.25, -0.2) is 0 Å². The van der Waals surface area contributed by atoms with Gasteiger partial charge in [0.1, 0.15) is 0 Å². The first-order valence-corrected chi connectivity index (χ1v) is 7.63. The predicted octanol–water partition coefficient (Wildman–Crippen LogP) is 1.87. The van der Waals surface area contributed by atoms with Crippen LogP contribution < -0.4 is 5.32 Å². The molecule has 3 rings (SSSR count). The second-order valence-corrected chi connectivity index (χ2v) is 6.46. The maximum Gasteiger partial charge on any atom is 0.0694 e. The second-order valence-electron chi connectivity index (χ2n) is 6.46. The van der Waals surface area contributed by atoms with Crippen molar-refractivity contribution in [2.24, 2.45) is 7.05 Å². The number of likely N-dealkylation sites (tertiary alicyclic amines) is 1. The van der Waals surface area contributed by atoms with Crippen LogP contribution in [-0.4, -0.2) is 39.9 Å². The molecular formula is C15H26N4. The Hall–Kier alpha value is -0.870. The molecule has 1 saturated carbocycles. The third-order valence-corrected chi connectivity index (χ3v) is 4.35. The fourth-order valence-corrected chi connectivity index (χ4v) is 3.16. The Kier molecular flexibility index (Phi) is 3.63. The molecule has 0 radical (unpaired) electrons. The molecule has 1 aromatic heterocycles. The zero-order valence-electron chi connectivity index (χ0n) is 12.4. The molecule has 1 unspecified atom stereocenters. The number of aromatic nitrogens is 2. The van der Waals surface area contributed by atoms with Gasteiger partial charge in [0.2, 0.25) is 0 Å². The van der Waals surface area contributed by atoms with Gasteiger partial charge >= 0.3 is 0 Å². The standard InChI is InChI=1S/C15H26N4/c1-11(2)15-12(9-18(3)17-15)8-16-13-6-7-19(10-13)14-4-5-14/h9,11,13-14,16H,4-8,10H2,1-3H3. The quantitative estimate of drug-likeness (QED) is 0.879. The smallest absolute Gasteiger partial charge is 0.0694 e. The Bertz CT molecular complexity index is 433. The molecule has 106 valence electrons. The van der Waals surface area contributed by atoms with Crippen molar-refractivity contribution < 1.29 is 0 Å². The summed E-state index contributed by atoms with van der Waals surface area (Å²) in [4.78, 5) is 2.66. The molecule has 1 N–H and O–H groups in total. The lowest BCUT2D eigenvalue weighted by Crippen LogP contribution is -2.33. The first-order valence-electron chi connectivity index (χ1n) is 7.63. The number of hydrogen-bond acceptors (Lipinski definition) is 3. The Morgan fingerprint density at radius 2 is 2.16 bits per heavy atom. The lowest BCUT2D eigenvalue weighted by atomic mass is 10.1. The summed E-state index contributed by atoms with van der Waals surface area (Å²) in [5.74, 6) is 0.504. The maximum atomic E-state index is 4.57. The molecule has 0 spiro atoms. The van der Waals surface area contributed by atoms with Crippen molar-refractivity contribution >= 4 is 0 Å². The fraction of sp³-hybridized carbons (Fsp3) is 0.800. The van der Waals surface area contributed by atoms with Crippen LogP contribution in [0.2, 0.25) is 0 Å². The highest BCUT2D eigenvalue weighted by Crippen LogP contribution is 2.29. The van der Waals surface area contributed by atoms with E-state index in [9.17, 15) is 0 Å². The topological polar surface area (TPSA) is 33.1 Å². The molecular weight excluding hydrogens is 236 g/mol. The first kappa shape index (κ1) is 13.1. The summed E-state index contributed by atoms with van der Waals surface area (Å²) < 4.78 is 1.94. The fourth-order valence-electron chi connectivity index (χ4n) is 3.16. The molecule has 0 amide bonds. The van der Waals surface area contributed by atoms with E-state index < -0.39 is 0 Å². The number of aryl methyl sites for hydroxylation is 1. The van der Waals surface area contributed by atoms with Gasteiger partial charge < -0.3 is 5.32 Å². The highest BCUT2D eigenvalue weighted by Gasteiger charge is 2.34. The minimum atomic E-state index is 0.504. The van der Waals surface area contributed by atoms with E-state index in [-0.39, 0.29) is 0 Å². The molecule has 2 fully saturated rings. The van der Waals surface area contributed by atoms with E-state index >= 15 is 0 Å². The van der Waals surface area contributed by atoms with Crippen molar-refractivity contribution in [3.63, 3.8) is 0 Å². The molecule has 4 heteroatoms. The summed E-state index contributed by atoms with van der Waals surface area (Å²) in [6.07, 6.45) is 6.31. The van der Waals surface area contributed by atoms with E-state index in [1.807, 2.05) is 11.7 Å². The van der Waals surface area contributed by atoms with Crippen LogP contribution in [0, 0.1) is 0 Å². The Labute approximate surface area is 116 Å². The Morgan fingerprint density at radius 3 is 2.84 bits per heavy atom. The lowest BCUT2D eigenvalue weighted by molar-refractivity contribution is 0.317. The minimum absolute atomic E-state index is 0.504. The van der Waals surface area contributed by atoms with E-state index in [0.29, 0.717) is 12.0 Å². The van der Waals surface area contributed by atoms with Crippen LogP contribution >= 0.6 is 0 Å². The largest absolute Gasteiger partial charge is 0.308 e. The highest BCUT2D eigenvalue weighted by molar-refractivity contribution is 5.20. The third-order valence-electron chi connectivity index (χ3n) is 4.35. The van der Waals surface area contributed by atoms with Crippen LogP contribution in [0.4, 0.5) is 0 Å². The molecule has 1 atom stereocenters. The van der Waals surface area contributed by atoms with Crippen molar-refractivity contribution in [2.75, 3.05) is 13.1 Å². The predicted molar refractivity (Wildman–Crippen MR) is 77.1 cm³/mol. The van der Waals surface area contributed by atoms with E-state index in [1.165, 1.54) is 43.6 Å². The monoisotopic (exact) mass is 262 g/mol. The van der Waals surface area contributed by atoms with Gasteiger partial charge in [-0.05, 0) is 25.2 Å². The molecule has 1 saturated heterocycles. The van der Waals surface area contributed by atoms with Gasteiger partial charge in [-0.15, -0.1) is 0 Å². The van der Waals surface area contributed by atoms with Crippen LogP contribution in [0.15, 0.2) is 6.20 Å². The number of nitrogens with one attached hydrogen (secondary N) is 1. The van der Waals surface area contributed by atoms with Crippen molar-refractivity contribution in [3.05, 3.63) is 17.5 Å². The van der Waals surface area contributed by atoms with Crippen LogP contribution in [0.5, 0.6) is 0 Å². The van der Waals surface area contributed by atoms with Crippen molar-refractivity contribution in [1.82, 2.24) is 20.0 Å². The number of rotatable bonds is 5. The van der Waals surface area contributed by atoms with E-state index in [1.54, 1.807) is 0 Å². The van der Waals surface area contributed by atoms with Gasteiger partial charge in [0.25, 0.3) is 0 Å². The van der Waals surface area contributed by atoms with Crippen molar-refractivity contribution in [1.29, 1.82) is 0 Å². The summed E-state index contributed by atoms with van der Waals surface area (Å²) in [6.45, 7) is 7.92. The molecule has 1 aliphatic heterocycles. The van der Waals surface area contributed by atoms with E-state index in [4.69, 9.17) is 0 Å². The second kappa shape index (κ2) is 5.25. The molecule has 0 bridgehead atoms. The molecule has 0 aromatic carbocycles. The van der Waals surface area contributed by atoms with Crippen LogP contribution in [0.1, 0.15) is 50.3 Å².